The van der Waals surface area contributed by atoms with Crippen LogP contribution in [0, 0.1) is 24.1 Å². The molecule has 0 aliphatic heterocycles. The second kappa shape index (κ2) is 4.84. The standard InChI is InChI=1S/C14H12FN3/c1-10-7-11(9-16)8-14(17-10)18(2)13-6-4-3-5-12(13)15/h3-8H,1-2H3. The molecule has 2 aromatic rings. The summed E-state index contributed by atoms with van der Waals surface area (Å²) in [7, 11) is 1.72. The second-order valence-electron chi connectivity index (χ2n) is 3.98. The largest absolute Gasteiger partial charge is 0.327 e. The van der Waals surface area contributed by atoms with Gasteiger partial charge in [-0.05, 0) is 31.2 Å². The molecule has 18 heavy (non-hydrogen) atoms. The van der Waals surface area contributed by atoms with E-state index in [0.717, 1.165) is 5.69 Å². The third-order valence-electron chi connectivity index (χ3n) is 2.63. The number of nitriles is 1. The smallest absolute Gasteiger partial charge is 0.146 e. The fraction of sp³-hybridized carbons (Fsp3) is 0.143. The average molecular weight is 241 g/mol. The van der Waals surface area contributed by atoms with Gasteiger partial charge in [0.05, 0.1) is 17.3 Å². The van der Waals surface area contributed by atoms with Crippen LogP contribution >= 0.6 is 0 Å². The van der Waals surface area contributed by atoms with E-state index in [1.165, 1.54) is 6.07 Å². The van der Waals surface area contributed by atoms with Crippen molar-refractivity contribution in [3.05, 3.63) is 53.5 Å². The minimum Gasteiger partial charge on any atom is -0.327 e. The zero-order chi connectivity index (χ0) is 13.1. The third-order valence-corrected chi connectivity index (χ3v) is 2.63. The molecule has 0 saturated carbocycles. The van der Waals surface area contributed by atoms with Crippen LogP contribution in [0.2, 0.25) is 0 Å². The third kappa shape index (κ3) is 2.30. The lowest BCUT2D eigenvalue weighted by Gasteiger charge is -2.19. The molecule has 0 amide bonds. The van der Waals surface area contributed by atoms with Crippen molar-refractivity contribution < 1.29 is 4.39 Å². The first-order valence-electron chi connectivity index (χ1n) is 5.49. The van der Waals surface area contributed by atoms with E-state index in [2.05, 4.69) is 11.1 Å². The Morgan fingerprint density at radius 1 is 1.28 bits per heavy atom. The molecule has 90 valence electrons. The number of hydrogen-bond acceptors (Lipinski definition) is 3. The first-order chi connectivity index (χ1) is 8.61. The van der Waals surface area contributed by atoms with Gasteiger partial charge in [-0.25, -0.2) is 9.37 Å². The Balaban J connectivity index is 2.47. The predicted octanol–water partition coefficient (Wildman–Crippen LogP) is 3.17. The van der Waals surface area contributed by atoms with E-state index in [9.17, 15) is 4.39 Å². The first-order valence-corrected chi connectivity index (χ1v) is 5.49. The van der Waals surface area contributed by atoms with Gasteiger partial charge in [-0.15, -0.1) is 0 Å². The van der Waals surface area contributed by atoms with E-state index in [0.29, 0.717) is 17.1 Å². The molecule has 0 N–H and O–H groups in total. The number of aryl methyl sites for hydroxylation is 1. The molecule has 0 aliphatic carbocycles. The molecule has 0 bridgehead atoms. The van der Waals surface area contributed by atoms with Crippen molar-refractivity contribution in [3.63, 3.8) is 0 Å². The van der Waals surface area contributed by atoms with E-state index in [-0.39, 0.29) is 5.82 Å². The maximum Gasteiger partial charge on any atom is 0.146 e. The number of nitrogens with zero attached hydrogens (tertiary/aromatic N) is 3. The Labute approximate surface area is 105 Å². The summed E-state index contributed by atoms with van der Waals surface area (Å²) in [5.74, 6) is 0.235. The molecule has 1 aromatic carbocycles. The van der Waals surface area contributed by atoms with Gasteiger partial charge in [0.1, 0.15) is 11.6 Å². The first kappa shape index (κ1) is 12.1. The van der Waals surface area contributed by atoms with Crippen LogP contribution in [0.4, 0.5) is 15.9 Å². The Morgan fingerprint density at radius 3 is 2.67 bits per heavy atom. The summed E-state index contributed by atoms with van der Waals surface area (Å²) in [5.41, 5.74) is 1.67. The fourth-order valence-corrected chi connectivity index (χ4v) is 1.73. The molecule has 0 aliphatic rings. The number of aromatic nitrogens is 1. The van der Waals surface area contributed by atoms with Gasteiger partial charge in [-0.3, -0.25) is 0 Å². The van der Waals surface area contributed by atoms with E-state index >= 15 is 0 Å². The number of rotatable bonds is 2. The van der Waals surface area contributed by atoms with Crippen molar-refractivity contribution in [2.45, 2.75) is 6.92 Å². The van der Waals surface area contributed by atoms with Crippen LogP contribution in [0.5, 0.6) is 0 Å². The summed E-state index contributed by atoms with van der Waals surface area (Å²) >= 11 is 0. The van der Waals surface area contributed by atoms with Gasteiger partial charge < -0.3 is 4.90 Å². The zero-order valence-electron chi connectivity index (χ0n) is 10.2. The van der Waals surface area contributed by atoms with Crippen LogP contribution in [0.25, 0.3) is 0 Å². The second-order valence-corrected chi connectivity index (χ2v) is 3.98. The minimum atomic E-state index is -0.318. The molecule has 0 radical (unpaired) electrons. The van der Waals surface area contributed by atoms with Gasteiger partial charge in [0, 0.05) is 12.7 Å². The lowest BCUT2D eigenvalue weighted by Crippen LogP contribution is -2.13. The number of anilines is 2. The molecule has 0 unspecified atom stereocenters. The van der Waals surface area contributed by atoms with Crippen LogP contribution in [0.1, 0.15) is 11.3 Å². The lowest BCUT2D eigenvalue weighted by molar-refractivity contribution is 0.627. The number of para-hydroxylation sites is 1. The highest BCUT2D eigenvalue weighted by molar-refractivity contribution is 5.61. The van der Waals surface area contributed by atoms with Crippen molar-refractivity contribution in [3.8, 4) is 6.07 Å². The van der Waals surface area contributed by atoms with Crippen LogP contribution in [0.3, 0.4) is 0 Å². The van der Waals surface area contributed by atoms with E-state index < -0.39 is 0 Å². The van der Waals surface area contributed by atoms with E-state index in [4.69, 9.17) is 5.26 Å². The Hall–Kier alpha value is -2.41. The average Bonchev–Trinajstić information content (AvgIpc) is 2.37. The maximum absolute atomic E-state index is 13.7. The predicted molar refractivity (Wildman–Crippen MR) is 68.2 cm³/mol. The molecule has 0 atom stereocenters. The molecule has 3 nitrogen and oxygen atoms in total. The highest BCUT2D eigenvalue weighted by atomic mass is 19.1. The summed E-state index contributed by atoms with van der Waals surface area (Å²) < 4.78 is 13.7. The van der Waals surface area contributed by atoms with Crippen molar-refractivity contribution >= 4 is 11.5 Å². The van der Waals surface area contributed by atoms with Crippen molar-refractivity contribution in [1.29, 1.82) is 5.26 Å². The van der Waals surface area contributed by atoms with Crippen molar-refractivity contribution in [2.75, 3.05) is 11.9 Å². The summed E-state index contributed by atoms with van der Waals surface area (Å²) in [5, 5.41) is 8.92. The number of pyridine rings is 1. The van der Waals surface area contributed by atoms with Crippen molar-refractivity contribution in [1.82, 2.24) is 4.98 Å². The minimum absolute atomic E-state index is 0.318. The molecule has 1 heterocycles. The normalized spacial score (nSPS) is 9.89. The van der Waals surface area contributed by atoms with Crippen LogP contribution < -0.4 is 4.90 Å². The Morgan fingerprint density at radius 2 is 2.00 bits per heavy atom. The molecule has 0 spiro atoms. The van der Waals surface area contributed by atoms with Gasteiger partial charge >= 0.3 is 0 Å². The SMILES string of the molecule is Cc1cc(C#N)cc(N(C)c2ccccc2F)n1. The van der Waals surface area contributed by atoms with Crippen LogP contribution in [-0.4, -0.2) is 12.0 Å². The molecular formula is C14H12FN3. The Kier molecular flexibility index (Phi) is 3.24. The van der Waals surface area contributed by atoms with Gasteiger partial charge in [0.25, 0.3) is 0 Å². The topological polar surface area (TPSA) is 39.9 Å². The monoisotopic (exact) mass is 241 g/mol. The van der Waals surface area contributed by atoms with Crippen molar-refractivity contribution in [2.24, 2.45) is 0 Å². The summed E-state index contributed by atoms with van der Waals surface area (Å²) in [6, 6.07) is 11.9. The number of halogens is 1. The van der Waals surface area contributed by atoms with E-state index in [1.807, 2.05) is 0 Å². The van der Waals surface area contributed by atoms with E-state index in [1.54, 1.807) is 49.2 Å². The summed E-state index contributed by atoms with van der Waals surface area (Å²) in [6.07, 6.45) is 0. The molecule has 0 fully saturated rings. The quantitative estimate of drug-likeness (QED) is 0.810. The van der Waals surface area contributed by atoms with Gasteiger partial charge in [0.2, 0.25) is 0 Å². The number of benzene rings is 1. The molecule has 2 rings (SSSR count). The molecular weight excluding hydrogens is 229 g/mol. The number of hydrogen-bond donors (Lipinski definition) is 0. The summed E-state index contributed by atoms with van der Waals surface area (Å²) in [6.45, 7) is 1.81. The zero-order valence-corrected chi connectivity index (χ0v) is 10.2. The fourth-order valence-electron chi connectivity index (χ4n) is 1.73. The maximum atomic E-state index is 13.7. The highest BCUT2D eigenvalue weighted by Crippen LogP contribution is 2.25. The van der Waals surface area contributed by atoms with Crippen LogP contribution in [0.15, 0.2) is 36.4 Å². The molecule has 0 saturated heterocycles. The van der Waals surface area contributed by atoms with Gasteiger partial charge in [-0.1, -0.05) is 12.1 Å². The summed E-state index contributed by atoms with van der Waals surface area (Å²) in [4.78, 5) is 5.94. The van der Waals surface area contributed by atoms with Gasteiger partial charge in [0.15, 0.2) is 0 Å². The van der Waals surface area contributed by atoms with Gasteiger partial charge in [-0.2, -0.15) is 5.26 Å². The lowest BCUT2D eigenvalue weighted by atomic mass is 10.2. The van der Waals surface area contributed by atoms with Crippen LogP contribution in [-0.2, 0) is 0 Å². The molecule has 1 aromatic heterocycles. The Bertz CT molecular complexity index is 617. The molecule has 4 heteroatoms. The highest BCUT2D eigenvalue weighted by Gasteiger charge is 2.11.